The summed E-state index contributed by atoms with van der Waals surface area (Å²) in [7, 11) is -8.34. The molecule has 1 radical (unpaired) electrons. The maximum absolute atomic E-state index is 11.5. The Morgan fingerprint density at radius 1 is 1.29 bits per heavy atom. The van der Waals surface area contributed by atoms with Crippen LogP contribution in [0.25, 0.3) is 0 Å². The lowest BCUT2D eigenvalue weighted by molar-refractivity contribution is 0.583. The largest absolute Gasteiger partial charge is 0.283 e. The Balaban J connectivity index is 2.96. The van der Waals surface area contributed by atoms with E-state index in [0.29, 0.717) is 5.56 Å². The fourth-order valence-corrected chi connectivity index (χ4v) is 5.95. The molecule has 1 unspecified atom stereocenters. The van der Waals surface area contributed by atoms with E-state index in [1.165, 1.54) is 19.1 Å². The third-order valence-corrected chi connectivity index (χ3v) is 8.06. The van der Waals surface area contributed by atoms with Crippen molar-refractivity contribution in [3.8, 4) is 0 Å². The summed E-state index contributed by atoms with van der Waals surface area (Å²) in [5, 5.41) is -0.986. The highest BCUT2D eigenvalue weighted by atomic mass is 33.2. The summed E-state index contributed by atoms with van der Waals surface area (Å²) in [6.07, 6.45) is 0. The zero-order valence-electron chi connectivity index (χ0n) is 7.26. The fraction of sp³-hybridized carbons (Fsp3) is 0.250. The predicted octanol–water partition coefficient (Wildman–Crippen LogP) is 0.665. The molecule has 1 aromatic carbocycles. The quantitative estimate of drug-likeness (QED) is 0.615. The number of rotatable bonds is 0. The molecular formula is C8H7O4S2. The number of fused-ring (bicyclic) bond motifs is 1. The van der Waals surface area contributed by atoms with E-state index in [0.717, 1.165) is 0 Å². The monoisotopic (exact) mass is 231 g/mol. The van der Waals surface area contributed by atoms with Crippen molar-refractivity contribution in [1.29, 1.82) is 0 Å². The van der Waals surface area contributed by atoms with Gasteiger partial charge in [-0.25, -0.2) is 16.8 Å². The molecule has 0 aromatic heterocycles. The van der Waals surface area contributed by atoms with Crippen molar-refractivity contribution < 1.29 is 16.8 Å². The molecule has 1 aliphatic rings. The van der Waals surface area contributed by atoms with Gasteiger partial charge in [0, 0.05) is 6.07 Å². The molecule has 6 heteroatoms. The van der Waals surface area contributed by atoms with Crippen LogP contribution in [0.5, 0.6) is 0 Å². The highest BCUT2D eigenvalue weighted by Gasteiger charge is 2.47. The van der Waals surface area contributed by atoms with Crippen molar-refractivity contribution >= 4 is 17.7 Å². The van der Waals surface area contributed by atoms with Gasteiger partial charge in [0.2, 0.25) is 0 Å². The highest BCUT2D eigenvalue weighted by Crippen LogP contribution is 2.41. The third-order valence-electron chi connectivity index (χ3n) is 2.28. The summed E-state index contributed by atoms with van der Waals surface area (Å²) in [6, 6.07) is 6.92. The Morgan fingerprint density at radius 2 is 1.93 bits per heavy atom. The van der Waals surface area contributed by atoms with Crippen LogP contribution in [0.15, 0.2) is 23.1 Å². The molecule has 2 rings (SSSR count). The van der Waals surface area contributed by atoms with E-state index in [1.54, 1.807) is 6.07 Å². The zero-order valence-corrected chi connectivity index (χ0v) is 8.89. The maximum atomic E-state index is 11.5. The van der Waals surface area contributed by atoms with Crippen molar-refractivity contribution in [2.45, 2.75) is 17.1 Å². The average molecular weight is 231 g/mol. The normalized spacial score (nSPS) is 27.1. The van der Waals surface area contributed by atoms with E-state index in [-0.39, 0.29) is 4.90 Å². The van der Waals surface area contributed by atoms with E-state index in [2.05, 4.69) is 6.07 Å². The lowest BCUT2D eigenvalue weighted by Gasteiger charge is -1.98. The first kappa shape index (κ1) is 9.67. The zero-order chi connectivity index (χ0) is 10.6. The van der Waals surface area contributed by atoms with Crippen LogP contribution in [-0.4, -0.2) is 16.8 Å². The van der Waals surface area contributed by atoms with Crippen LogP contribution in [0.3, 0.4) is 0 Å². The summed E-state index contributed by atoms with van der Waals surface area (Å²) in [5.41, 5.74) is 0.313. The van der Waals surface area contributed by atoms with Crippen molar-refractivity contribution in [3.63, 3.8) is 0 Å². The Labute approximate surface area is 81.8 Å². The van der Waals surface area contributed by atoms with Gasteiger partial charge in [-0.05, 0) is 12.5 Å². The minimum absolute atomic E-state index is 0.201. The van der Waals surface area contributed by atoms with Gasteiger partial charge in [0.15, 0.2) is 0 Å². The lowest BCUT2D eigenvalue weighted by Crippen LogP contribution is -2.11. The van der Waals surface area contributed by atoms with E-state index in [9.17, 15) is 16.8 Å². The van der Waals surface area contributed by atoms with E-state index < -0.39 is 23.0 Å². The topological polar surface area (TPSA) is 68.3 Å². The van der Waals surface area contributed by atoms with Gasteiger partial charge in [-0.2, -0.15) is 0 Å². The second-order valence-electron chi connectivity index (χ2n) is 3.04. The Morgan fingerprint density at radius 3 is 2.50 bits per heavy atom. The smallest absolute Gasteiger partial charge is 0.212 e. The van der Waals surface area contributed by atoms with Gasteiger partial charge in [0.25, 0.3) is 17.7 Å². The average Bonchev–Trinajstić information content (AvgIpc) is 2.27. The maximum Gasteiger partial charge on any atom is 0.283 e. The molecule has 4 nitrogen and oxygen atoms in total. The minimum atomic E-state index is -4.22. The first-order valence-electron chi connectivity index (χ1n) is 3.88. The summed E-state index contributed by atoms with van der Waals surface area (Å²) < 4.78 is 45.9. The molecule has 1 heterocycles. The lowest BCUT2D eigenvalue weighted by atomic mass is 10.2. The Hall–Kier alpha value is -0.880. The number of benzene rings is 1. The molecule has 14 heavy (non-hydrogen) atoms. The van der Waals surface area contributed by atoms with Crippen LogP contribution in [0.1, 0.15) is 17.7 Å². The van der Waals surface area contributed by atoms with Gasteiger partial charge in [0.1, 0.15) is 0 Å². The Bertz CT molecular complexity index is 584. The number of hydrogen-bond acceptors (Lipinski definition) is 4. The van der Waals surface area contributed by atoms with Crippen LogP contribution in [0.4, 0.5) is 0 Å². The summed E-state index contributed by atoms with van der Waals surface area (Å²) >= 11 is 0. The molecule has 1 atom stereocenters. The molecule has 0 N–H and O–H groups in total. The molecule has 1 aromatic rings. The minimum Gasteiger partial charge on any atom is -0.212 e. The van der Waals surface area contributed by atoms with E-state index in [4.69, 9.17) is 0 Å². The summed E-state index contributed by atoms with van der Waals surface area (Å²) in [6.45, 7) is 1.37. The predicted molar refractivity (Wildman–Crippen MR) is 49.8 cm³/mol. The van der Waals surface area contributed by atoms with E-state index in [1.807, 2.05) is 0 Å². The van der Waals surface area contributed by atoms with Crippen LogP contribution in [0, 0.1) is 6.07 Å². The van der Waals surface area contributed by atoms with Gasteiger partial charge in [-0.3, -0.25) is 0 Å². The van der Waals surface area contributed by atoms with Crippen molar-refractivity contribution in [3.05, 3.63) is 29.8 Å². The molecule has 0 bridgehead atoms. The van der Waals surface area contributed by atoms with E-state index >= 15 is 0 Å². The molecule has 0 amide bonds. The summed E-state index contributed by atoms with van der Waals surface area (Å²) in [5.74, 6) is 0. The molecule has 75 valence electrons. The van der Waals surface area contributed by atoms with Crippen LogP contribution >= 0.6 is 0 Å². The molecule has 0 spiro atoms. The fourth-order valence-electron chi connectivity index (χ4n) is 1.43. The molecule has 0 aliphatic carbocycles. The molecule has 0 fully saturated rings. The highest BCUT2D eigenvalue weighted by molar-refractivity contribution is 8.67. The van der Waals surface area contributed by atoms with Crippen molar-refractivity contribution in [2.75, 3.05) is 0 Å². The van der Waals surface area contributed by atoms with Crippen LogP contribution in [-0.2, 0) is 17.7 Å². The number of hydrogen-bond donors (Lipinski definition) is 0. The SMILES string of the molecule is CC1c2ccc[c]c2S(=O)(=O)S1(=O)=O. The van der Waals surface area contributed by atoms with Crippen LogP contribution < -0.4 is 0 Å². The van der Waals surface area contributed by atoms with Gasteiger partial charge < -0.3 is 0 Å². The van der Waals surface area contributed by atoms with Crippen molar-refractivity contribution in [1.82, 2.24) is 0 Å². The standard InChI is InChI=1S/C8H7O4S2/c1-6-7-4-2-3-5-8(7)14(11,12)13(6,9)10/h2-4,6H,1H3. The second-order valence-corrected chi connectivity index (χ2v) is 8.76. The summed E-state index contributed by atoms with van der Waals surface area (Å²) in [4.78, 5) is -0.201. The first-order valence-corrected chi connectivity index (χ1v) is 7.43. The molecule has 1 aliphatic heterocycles. The molecule has 0 saturated carbocycles. The molecular weight excluding hydrogens is 224 g/mol. The Kier molecular flexibility index (Phi) is 1.78. The van der Waals surface area contributed by atoms with Gasteiger partial charge in [-0.1, -0.05) is 18.2 Å². The van der Waals surface area contributed by atoms with Crippen LogP contribution in [0.2, 0.25) is 0 Å². The molecule has 0 saturated heterocycles. The van der Waals surface area contributed by atoms with Gasteiger partial charge in [0.05, 0.1) is 10.1 Å². The first-order chi connectivity index (χ1) is 6.39. The van der Waals surface area contributed by atoms with Gasteiger partial charge >= 0.3 is 0 Å². The third kappa shape index (κ3) is 0.923. The second kappa shape index (κ2) is 2.58. The van der Waals surface area contributed by atoms with Gasteiger partial charge in [-0.15, -0.1) is 0 Å². The van der Waals surface area contributed by atoms with Crippen molar-refractivity contribution in [2.24, 2.45) is 0 Å².